The third-order valence-corrected chi connectivity index (χ3v) is 2.62. The molecule has 1 rings (SSSR count). The molecule has 1 aromatic carbocycles. The zero-order valence-electron chi connectivity index (χ0n) is 9.70. The zero-order chi connectivity index (χ0) is 12.2. The van der Waals surface area contributed by atoms with Crippen LogP contribution >= 0.6 is 0 Å². The average Bonchev–Trinajstić information content (AvgIpc) is 2.24. The van der Waals surface area contributed by atoms with Crippen LogP contribution < -0.4 is 5.32 Å². The highest BCUT2D eigenvalue weighted by atomic mass is 16.3. The number of hydrogen-bond donors (Lipinski definition) is 4. The van der Waals surface area contributed by atoms with E-state index in [1.165, 1.54) is 6.07 Å². The van der Waals surface area contributed by atoms with Gasteiger partial charge in [0.25, 0.3) is 0 Å². The van der Waals surface area contributed by atoms with E-state index in [-0.39, 0.29) is 18.1 Å². The smallest absolute Gasteiger partial charge is 0.119 e. The number of aliphatic hydroxyl groups is 1. The van der Waals surface area contributed by atoms with Crippen molar-refractivity contribution in [1.82, 2.24) is 5.32 Å². The highest BCUT2D eigenvalue weighted by molar-refractivity contribution is 5.40. The molecule has 0 amide bonds. The van der Waals surface area contributed by atoms with Gasteiger partial charge in [-0.25, -0.2) is 0 Å². The summed E-state index contributed by atoms with van der Waals surface area (Å²) in [4.78, 5) is 0. The number of phenols is 2. The predicted molar refractivity (Wildman–Crippen MR) is 62.5 cm³/mol. The van der Waals surface area contributed by atoms with Crippen molar-refractivity contribution in [2.75, 3.05) is 13.2 Å². The zero-order valence-corrected chi connectivity index (χ0v) is 9.70. The molecule has 0 radical (unpaired) electrons. The lowest BCUT2D eigenvalue weighted by Gasteiger charge is -2.29. The summed E-state index contributed by atoms with van der Waals surface area (Å²) in [5, 5.41) is 31.4. The molecule has 0 aliphatic heterocycles. The number of nitrogens with one attached hydrogen (secondary N) is 1. The summed E-state index contributed by atoms with van der Waals surface area (Å²) in [6.07, 6.45) is 0.945. The van der Waals surface area contributed by atoms with Gasteiger partial charge in [-0.05, 0) is 37.6 Å². The Morgan fingerprint density at radius 2 is 1.75 bits per heavy atom. The largest absolute Gasteiger partial charge is 0.508 e. The first-order valence-electron chi connectivity index (χ1n) is 5.41. The van der Waals surface area contributed by atoms with Gasteiger partial charge in [0.2, 0.25) is 0 Å². The van der Waals surface area contributed by atoms with E-state index in [0.717, 1.165) is 13.0 Å². The molecule has 0 aliphatic carbocycles. The van der Waals surface area contributed by atoms with Crippen molar-refractivity contribution in [3.05, 3.63) is 23.8 Å². The van der Waals surface area contributed by atoms with Crippen LogP contribution in [-0.2, 0) is 5.54 Å². The van der Waals surface area contributed by atoms with Crippen molar-refractivity contribution >= 4 is 0 Å². The van der Waals surface area contributed by atoms with Gasteiger partial charge in [0.05, 0.1) is 12.1 Å². The minimum Gasteiger partial charge on any atom is -0.508 e. The van der Waals surface area contributed by atoms with E-state index in [1.54, 1.807) is 12.1 Å². The minimum absolute atomic E-state index is 0.00651. The Bertz CT molecular complexity index is 334. The van der Waals surface area contributed by atoms with Crippen molar-refractivity contribution in [2.45, 2.75) is 25.8 Å². The second-order valence-electron chi connectivity index (χ2n) is 4.16. The molecule has 0 saturated carbocycles. The first-order valence-corrected chi connectivity index (χ1v) is 5.41. The lowest BCUT2D eigenvalue weighted by atomic mass is 9.92. The van der Waals surface area contributed by atoms with E-state index in [9.17, 15) is 15.3 Å². The summed E-state index contributed by atoms with van der Waals surface area (Å²) < 4.78 is 0. The summed E-state index contributed by atoms with van der Waals surface area (Å²) in [7, 11) is 0. The Morgan fingerprint density at radius 1 is 1.19 bits per heavy atom. The Balaban J connectivity index is 3.01. The molecule has 4 heteroatoms. The molecular weight excluding hydrogens is 206 g/mol. The third kappa shape index (κ3) is 2.87. The number of rotatable bonds is 5. The topological polar surface area (TPSA) is 72.7 Å². The van der Waals surface area contributed by atoms with E-state index >= 15 is 0 Å². The molecule has 1 atom stereocenters. The molecule has 90 valence electrons. The van der Waals surface area contributed by atoms with Crippen molar-refractivity contribution in [3.8, 4) is 11.5 Å². The predicted octanol–water partition coefficient (Wildman–Crippen LogP) is 1.30. The van der Waals surface area contributed by atoms with E-state index in [2.05, 4.69) is 5.32 Å². The van der Waals surface area contributed by atoms with Crippen LogP contribution in [0.5, 0.6) is 11.5 Å². The van der Waals surface area contributed by atoms with Gasteiger partial charge in [-0.1, -0.05) is 6.92 Å². The molecule has 0 fully saturated rings. The van der Waals surface area contributed by atoms with E-state index in [4.69, 9.17) is 0 Å². The van der Waals surface area contributed by atoms with Gasteiger partial charge in [0.15, 0.2) is 0 Å². The molecule has 0 aromatic heterocycles. The number of hydrogen-bond acceptors (Lipinski definition) is 4. The molecule has 16 heavy (non-hydrogen) atoms. The number of benzene rings is 1. The Kier molecular flexibility index (Phi) is 4.15. The molecule has 1 aromatic rings. The molecule has 0 heterocycles. The van der Waals surface area contributed by atoms with Gasteiger partial charge in [-0.2, -0.15) is 0 Å². The van der Waals surface area contributed by atoms with E-state index < -0.39 is 5.54 Å². The lowest BCUT2D eigenvalue weighted by Crippen LogP contribution is -2.43. The van der Waals surface area contributed by atoms with Gasteiger partial charge >= 0.3 is 0 Å². The highest BCUT2D eigenvalue weighted by Gasteiger charge is 2.25. The van der Waals surface area contributed by atoms with E-state index in [0.29, 0.717) is 5.56 Å². The van der Waals surface area contributed by atoms with Crippen LogP contribution in [0.1, 0.15) is 25.8 Å². The standard InChI is InChI=1S/C12H19NO3/c1-3-4-13-12(2,8-14)9-5-10(15)7-11(16)6-9/h5-7,13-16H,3-4,8H2,1-2H3. The van der Waals surface area contributed by atoms with E-state index in [1.807, 2.05) is 13.8 Å². The van der Waals surface area contributed by atoms with Gasteiger partial charge in [-0.3, -0.25) is 0 Å². The van der Waals surface area contributed by atoms with Crippen molar-refractivity contribution in [1.29, 1.82) is 0 Å². The van der Waals surface area contributed by atoms with Crippen molar-refractivity contribution < 1.29 is 15.3 Å². The fraction of sp³-hybridized carbons (Fsp3) is 0.500. The summed E-state index contributed by atoms with van der Waals surface area (Å²) in [6.45, 7) is 4.52. The monoisotopic (exact) mass is 225 g/mol. The summed E-state index contributed by atoms with van der Waals surface area (Å²) in [5.74, 6) is -0.0130. The van der Waals surface area contributed by atoms with Crippen LogP contribution in [0.15, 0.2) is 18.2 Å². The van der Waals surface area contributed by atoms with Crippen LogP contribution in [-0.4, -0.2) is 28.5 Å². The summed E-state index contributed by atoms with van der Waals surface area (Å²) in [6, 6.07) is 4.35. The van der Waals surface area contributed by atoms with Gasteiger partial charge in [-0.15, -0.1) is 0 Å². The van der Waals surface area contributed by atoms with Crippen molar-refractivity contribution in [3.63, 3.8) is 0 Å². The quantitative estimate of drug-likeness (QED) is 0.609. The maximum atomic E-state index is 9.42. The minimum atomic E-state index is -0.647. The normalized spacial score (nSPS) is 14.7. The molecule has 1 unspecified atom stereocenters. The van der Waals surface area contributed by atoms with Gasteiger partial charge in [0.1, 0.15) is 11.5 Å². The van der Waals surface area contributed by atoms with Crippen LogP contribution in [0.25, 0.3) is 0 Å². The fourth-order valence-electron chi connectivity index (χ4n) is 1.56. The Morgan fingerprint density at radius 3 is 2.19 bits per heavy atom. The Labute approximate surface area is 95.6 Å². The number of aromatic hydroxyl groups is 2. The molecule has 0 saturated heterocycles. The maximum Gasteiger partial charge on any atom is 0.119 e. The molecule has 0 aliphatic rings. The average molecular weight is 225 g/mol. The third-order valence-electron chi connectivity index (χ3n) is 2.62. The SMILES string of the molecule is CCCNC(C)(CO)c1cc(O)cc(O)c1. The van der Waals surface area contributed by atoms with Crippen molar-refractivity contribution in [2.24, 2.45) is 0 Å². The van der Waals surface area contributed by atoms with Gasteiger partial charge < -0.3 is 20.6 Å². The Hall–Kier alpha value is -1.26. The number of aliphatic hydroxyl groups excluding tert-OH is 1. The second kappa shape index (κ2) is 5.18. The van der Waals surface area contributed by atoms with Crippen LogP contribution in [0.4, 0.5) is 0 Å². The first kappa shape index (κ1) is 12.8. The highest BCUT2D eigenvalue weighted by Crippen LogP contribution is 2.28. The molecule has 0 bridgehead atoms. The molecule has 4 nitrogen and oxygen atoms in total. The summed E-state index contributed by atoms with van der Waals surface area (Å²) >= 11 is 0. The fourth-order valence-corrected chi connectivity index (χ4v) is 1.56. The lowest BCUT2D eigenvalue weighted by molar-refractivity contribution is 0.175. The summed E-state index contributed by atoms with van der Waals surface area (Å²) in [5.41, 5.74) is 0.0209. The maximum absolute atomic E-state index is 9.42. The number of phenolic OH excluding ortho intramolecular Hbond substituents is 2. The molecule has 4 N–H and O–H groups in total. The second-order valence-corrected chi connectivity index (χ2v) is 4.16. The molecule has 0 spiro atoms. The molecular formula is C12H19NO3. The van der Waals surface area contributed by atoms with Crippen LogP contribution in [0, 0.1) is 0 Å². The van der Waals surface area contributed by atoms with Crippen LogP contribution in [0.2, 0.25) is 0 Å². The first-order chi connectivity index (χ1) is 7.51. The van der Waals surface area contributed by atoms with Crippen LogP contribution in [0.3, 0.4) is 0 Å². The van der Waals surface area contributed by atoms with Gasteiger partial charge in [0, 0.05) is 6.07 Å².